The monoisotopic (exact) mass is 477 g/mol. The summed E-state index contributed by atoms with van der Waals surface area (Å²) < 4.78 is 41.4. The van der Waals surface area contributed by atoms with Crippen molar-refractivity contribution in [3.8, 4) is 0 Å². The zero-order valence-corrected chi connectivity index (χ0v) is 19.7. The van der Waals surface area contributed by atoms with Crippen LogP contribution in [0.5, 0.6) is 0 Å². The summed E-state index contributed by atoms with van der Waals surface area (Å²) in [7, 11) is -3.92. The Morgan fingerprint density at radius 3 is 2.06 bits per heavy atom. The van der Waals surface area contributed by atoms with Gasteiger partial charge in [0.05, 0.1) is 4.90 Å². The molecule has 0 aliphatic heterocycles. The predicted molar refractivity (Wildman–Crippen MR) is 133 cm³/mol. The molecule has 3 N–H and O–H groups in total. The molecule has 174 valence electrons. The van der Waals surface area contributed by atoms with E-state index < -0.39 is 15.8 Å². The summed E-state index contributed by atoms with van der Waals surface area (Å²) in [4.78, 5) is 8.83. The van der Waals surface area contributed by atoms with E-state index in [0.29, 0.717) is 28.7 Å². The van der Waals surface area contributed by atoms with Crippen LogP contribution in [0, 0.1) is 26.6 Å². The van der Waals surface area contributed by atoms with Crippen molar-refractivity contribution in [3.63, 3.8) is 0 Å². The maximum absolute atomic E-state index is 13.6. The number of anilines is 5. The van der Waals surface area contributed by atoms with Crippen molar-refractivity contribution < 1.29 is 12.8 Å². The first-order valence-corrected chi connectivity index (χ1v) is 12.0. The van der Waals surface area contributed by atoms with E-state index in [-0.39, 0.29) is 4.90 Å². The molecular weight excluding hydrogens is 453 g/mol. The number of nitrogens with one attached hydrogen (secondary N) is 3. The number of nitrogens with zero attached hydrogens (tertiary/aromatic N) is 2. The lowest BCUT2D eigenvalue weighted by atomic mass is 10.2. The van der Waals surface area contributed by atoms with Crippen LogP contribution in [0.2, 0.25) is 0 Å². The van der Waals surface area contributed by atoms with Crippen LogP contribution in [-0.4, -0.2) is 18.4 Å². The Balaban J connectivity index is 1.48. The third-order valence-corrected chi connectivity index (χ3v) is 6.53. The number of sulfonamides is 1. The van der Waals surface area contributed by atoms with Crippen molar-refractivity contribution in [2.24, 2.45) is 0 Å². The van der Waals surface area contributed by atoms with Gasteiger partial charge in [-0.15, -0.1) is 0 Å². The van der Waals surface area contributed by atoms with E-state index in [2.05, 4.69) is 25.3 Å². The maximum Gasteiger partial charge on any atom is 0.262 e. The molecule has 4 rings (SSSR count). The van der Waals surface area contributed by atoms with Crippen molar-refractivity contribution in [3.05, 3.63) is 95.4 Å². The number of hydrogen-bond donors (Lipinski definition) is 3. The lowest BCUT2D eigenvalue weighted by Crippen LogP contribution is -2.14. The highest BCUT2D eigenvalue weighted by molar-refractivity contribution is 7.92. The molecular formula is C25H24FN5O2S. The molecule has 34 heavy (non-hydrogen) atoms. The van der Waals surface area contributed by atoms with Crippen molar-refractivity contribution >= 4 is 38.9 Å². The fourth-order valence-electron chi connectivity index (χ4n) is 3.30. The van der Waals surface area contributed by atoms with Gasteiger partial charge in [0, 0.05) is 28.8 Å². The van der Waals surface area contributed by atoms with Gasteiger partial charge in [-0.25, -0.2) is 17.8 Å². The Labute approximate surface area is 198 Å². The average molecular weight is 478 g/mol. The normalized spacial score (nSPS) is 11.2. The number of benzene rings is 3. The minimum Gasteiger partial charge on any atom is -0.340 e. The molecule has 1 aromatic heterocycles. The zero-order chi connectivity index (χ0) is 24.3. The highest BCUT2D eigenvalue weighted by atomic mass is 32.2. The predicted octanol–water partition coefficient (Wildman–Crippen LogP) is 5.83. The Morgan fingerprint density at radius 1 is 0.735 bits per heavy atom. The first-order valence-electron chi connectivity index (χ1n) is 10.5. The first-order chi connectivity index (χ1) is 16.2. The molecule has 0 aliphatic carbocycles. The second-order valence-electron chi connectivity index (χ2n) is 7.93. The number of aryl methyl sites for hydroxylation is 3. The minimum absolute atomic E-state index is 0.0974. The summed E-state index contributed by atoms with van der Waals surface area (Å²) in [6.45, 7) is 5.51. The molecule has 0 aliphatic rings. The van der Waals surface area contributed by atoms with Crippen LogP contribution in [-0.2, 0) is 10.0 Å². The molecule has 0 fully saturated rings. The Kier molecular flexibility index (Phi) is 6.47. The molecule has 0 radical (unpaired) electrons. The maximum atomic E-state index is 13.6. The molecule has 0 saturated heterocycles. The van der Waals surface area contributed by atoms with E-state index in [1.54, 1.807) is 31.2 Å². The van der Waals surface area contributed by atoms with Crippen molar-refractivity contribution in [2.45, 2.75) is 25.7 Å². The highest BCUT2D eigenvalue weighted by Crippen LogP contribution is 2.24. The van der Waals surface area contributed by atoms with E-state index in [1.165, 1.54) is 12.1 Å². The van der Waals surface area contributed by atoms with Crippen molar-refractivity contribution in [1.82, 2.24) is 9.97 Å². The smallest absolute Gasteiger partial charge is 0.262 e. The number of aromatic nitrogens is 2. The highest BCUT2D eigenvalue weighted by Gasteiger charge is 2.18. The fourth-order valence-corrected chi connectivity index (χ4v) is 4.61. The SMILES string of the molecule is Cc1ccc(Nc2nc(C)cc(Nc3ccc(NS(=O)(=O)c4cc(F)ccc4C)cc3)n2)cc1. The molecule has 0 bridgehead atoms. The standard InChI is InChI=1S/C25H24FN5O2S/c1-16-4-8-21(9-5-16)29-25-27-18(3)14-24(30-25)28-20-10-12-22(13-11-20)31-34(32,33)23-15-19(26)7-6-17(23)2/h4-15,31H,1-3H3,(H2,27,28,29,30). The van der Waals surface area contributed by atoms with E-state index in [4.69, 9.17) is 0 Å². The van der Waals surface area contributed by atoms with Crippen LogP contribution >= 0.6 is 0 Å². The van der Waals surface area contributed by atoms with Crippen molar-refractivity contribution in [1.29, 1.82) is 0 Å². The van der Waals surface area contributed by atoms with Gasteiger partial charge in [-0.1, -0.05) is 23.8 Å². The topological polar surface area (TPSA) is 96.0 Å². The van der Waals surface area contributed by atoms with E-state index in [9.17, 15) is 12.8 Å². The van der Waals surface area contributed by atoms with Crippen LogP contribution in [0.25, 0.3) is 0 Å². The van der Waals surface area contributed by atoms with Gasteiger partial charge >= 0.3 is 0 Å². The number of rotatable bonds is 7. The summed E-state index contributed by atoms with van der Waals surface area (Å²) >= 11 is 0. The summed E-state index contributed by atoms with van der Waals surface area (Å²) in [6, 6.07) is 20.1. The van der Waals surface area contributed by atoms with Gasteiger partial charge in [-0.3, -0.25) is 4.72 Å². The van der Waals surface area contributed by atoms with Crippen molar-refractivity contribution in [2.75, 3.05) is 15.4 Å². The Morgan fingerprint density at radius 2 is 1.35 bits per heavy atom. The molecule has 0 saturated carbocycles. The number of hydrogen-bond acceptors (Lipinski definition) is 6. The molecule has 7 nitrogen and oxygen atoms in total. The molecule has 0 amide bonds. The summed E-state index contributed by atoms with van der Waals surface area (Å²) in [5.41, 5.74) is 4.35. The zero-order valence-electron chi connectivity index (χ0n) is 18.9. The molecule has 1 heterocycles. The van der Waals surface area contributed by atoms with E-state index in [0.717, 1.165) is 23.0 Å². The average Bonchev–Trinajstić information content (AvgIpc) is 2.78. The summed E-state index contributed by atoms with van der Waals surface area (Å²) in [5.74, 6) is 0.439. The van der Waals surface area contributed by atoms with Crippen LogP contribution in [0.3, 0.4) is 0 Å². The van der Waals surface area contributed by atoms with Crippen LogP contribution < -0.4 is 15.4 Å². The third-order valence-electron chi connectivity index (χ3n) is 5.01. The first kappa shape index (κ1) is 23.2. The minimum atomic E-state index is -3.92. The Hall–Kier alpha value is -3.98. The van der Waals surface area contributed by atoms with E-state index >= 15 is 0 Å². The quantitative estimate of drug-likeness (QED) is 0.310. The lowest BCUT2D eigenvalue weighted by molar-refractivity contribution is 0.594. The Bertz CT molecular complexity index is 1420. The molecule has 0 unspecified atom stereocenters. The second-order valence-corrected chi connectivity index (χ2v) is 9.58. The largest absolute Gasteiger partial charge is 0.340 e. The van der Waals surface area contributed by atoms with Gasteiger partial charge < -0.3 is 10.6 Å². The van der Waals surface area contributed by atoms with Gasteiger partial charge in [0.2, 0.25) is 5.95 Å². The van der Waals surface area contributed by atoms with Gasteiger partial charge in [-0.05, 0) is 74.9 Å². The molecule has 9 heteroatoms. The second kappa shape index (κ2) is 9.48. The third kappa shape index (κ3) is 5.68. The summed E-state index contributed by atoms with van der Waals surface area (Å²) in [6.07, 6.45) is 0. The van der Waals surface area contributed by atoms with Gasteiger partial charge in [0.15, 0.2) is 0 Å². The lowest BCUT2D eigenvalue weighted by Gasteiger charge is -2.12. The fraction of sp³-hybridized carbons (Fsp3) is 0.120. The van der Waals surface area contributed by atoms with Crippen LogP contribution in [0.15, 0.2) is 77.7 Å². The number of halogens is 1. The van der Waals surface area contributed by atoms with E-state index in [1.807, 2.05) is 44.2 Å². The summed E-state index contributed by atoms with van der Waals surface area (Å²) in [5, 5.41) is 6.39. The molecule has 3 aromatic carbocycles. The van der Waals surface area contributed by atoms with Gasteiger partial charge in [0.1, 0.15) is 11.6 Å². The van der Waals surface area contributed by atoms with Crippen LogP contribution in [0.1, 0.15) is 16.8 Å². The molecule has 0 atom stereocenters. The van der Waals surface area contributed by atoms with Gasteiger partial charge in [-0.2, -0.15) is 4.98 Å². The van der Waals surface area contributed by atoms with Crippen LogP contribution in [0.4, 0.5) is 33.2 Å². The molecule has 0 spiro atoms. The molecule has 4 aromatic rings. The van der Waals surface area contributed by atoms with Gasteiger partial charge in [0.25, 0.3) is 10.0 Å².